The molecular formula is C28H23N3O5. The quantitative estimate of drug-likeness (QED) is 0.237. The topological polar surface area (TPSA) is 107 Å². The van der Waals surface area contributed by atoms with E-state index in [0.29, 0.717) is 33.9 Å². The first-order valence-corrected chi connectivity index (χ1v) is 11.2. The second-order valence-electron chi connectivity index (χ2n) is 7.56. The normalized spacial score (nSPS) is 10.7. The Bertz CT molecular complexity index is 1420. The SMILES string of the molecule is CCOC(=O)Nc1cc(/C=C/C(=O)c2ccc(NC(=O)Oc3ccccc3)cc2)nc2ccccc12. The number of ketones is 1. The molecule has 0 spiro atoms. The number of fused-ring (bicyclic) bond motifs is 1. The number of benzene rings is 3. The summed E-state index contributed by atoms with van der Waals surface area (Å²) in [6.45, 7) is 1.97. The van der Waals surface area contributed by atoms with Gasteiger partial charge in [-0.1, -0.05) is 36.4 Å². The van der Waals surface area contributed by atoms with Crippen LogP contribution in [0, 0.1) is 0 Å². The highest BCUT2D eigenvalue weighted by molar-refractivity contribution is 6.07. The van der Waals surface area contributed by atoms with Crippen LogP contribution in [0.25, 0.3) is 17.0 Å². The van der Waals surface area contributed by atoms with Crippen molar-refractivity contribution >= 4 is 46.3 Å². The lowest BCUT2D eigenvalue weighted by molar-refractivity contribution is 0.104. The third kappa shape index (κ3) is 6.32. The second kappa shape index (κ2) is 11.4. The highest BCUT2D eigenvalue weighted by Crippen LogP contribution is 2.24. The maximum atomic E-state index is 12.7. The van der Waals surface area contributed by atoms with Crippen molar-refractivity contribution in [3.8, 4) is 5.75 Å². The molecule has 4 rings (SSSR count). The van der Waals surface area contributed by atoms with Crippen LogP contribution in [0.5, 0.6) is 5.75 Å². The van der Waals surface area contributed by atoms with E-state index in [1.54, 1.807) is 67.6 Å². The molecule has 180 valence electrons. The Balaban J connectivity index is 1.44. The van der Waals surface area contributed by atoms with Gasteiger partial charge in [0.2, 0.25) is 0 Å². The van der Waals surface area contributed by atoms with E-state index in [0.717, 1.165) is 5.39 Å². The predicted molar refractivity (Wildman–Crippen MR) is 138 cm³/mol. The molecule has 36 heavy (non-hydrogen) atoms. The number of carbonyl (C=O) groups is 3. The molecular weight excluding hydrogens is 458 g/mol. The number of para-hydroxylation sites is 2. The van der Waals surface area contributed by atoms with Gasteiger partial charge in [-0.25, -0.2) is 14.6 Å². The van der Waals surface area contributed by atoms with Crippen molar-refractivity contribution < 1.29 is 23.9 Å². The zero-order valence-corrected chi connectivity index (χ0v) is 19.4. The fourth-order valence-electron chi connectivity index (χ4n) is 3.38. The molecule has 0 aliphatic heterocycles. The molecule has 8 heteroatoms. The van der Waals surface area contributed by atoms with Crippen molar-refractivity contribution in [1.82, 2.24) is 4.98 Å². The highest BCUT2D eigenvalue weighted by atomic mass is 16.6. The van der Waals surface area contributed by atoms with Crippen LogP contribution < -0.4 is 15.4 Å². The van der Waals surface area contributed by atoms with Crippen LogP contribution in [0.3, 0.4) is 0 Å². The van der Waals surface area contributed by atoms with Gasteiger partial charge in [-0.05, 0) is 67.6 Å². The molecule has 0 aliphatic rings. The summed E-state index contributed by atoms with van der Waals surface area (Å²) in [6.07, 6.45) is 1.78. The first-order valence-electron chi connectivity index (χ1n) is 11.2. The molecule has 0 unspecified atom stereocenters. The van der Waals surface area contributed by atoms with Crippen LogP contribution in [-0.4, -0.2) is 29.6 Å². The molecule has 4 aromatic rings. The van der Waals surface area contributed by atoms with Crippen LogP contribution in [0.1, 0.15) is 23.0 Å². The summed E-state index contributed by atoms with van der Waals surface area (Å²) < 4.78 is 10.2. The van der Waals surface area contributed by atoms with Gasteiger partial charge < -0.3 is 9.47 Å². The van der Waals surface area contributed by atoms with Gasteiger partial charge in [0.15, 0.2) is 5.78 Å². The lowest BCUT2D eigenvalue weighted by Crippen LogP contribution is -2.16. The van der Waals surface area contributed by atoms with Gasteiger partial charge in [-0.2, -0.15) is 0 Å². The fourth-order valence-corrected chi connectivity index (χ4v) is 3.38. The van der Waals surface area contributed by atoms with E-state index in [2.05, 4.69) is 15.6 Å². The molecule has 0 aliphatic carbocycles. The van der Waals surface area contributed by atoms with E-state index in [-0.39, 0.29) is 12.4 Å². The lowest BCUT2D eigenvalue weighted by Gasteiger charge is -2.09. The Morgan fingerprint density at radius 2 is 1.58 bits per heavy atom. The predicted octanol–water partition coefficient (Wildman–Crippen LogP) is 6.31. The second-order valence-corrected chi connectivity index (χ2v) is 7.56. The molecule has 0 radical (unpaired) electrons. The third-order valence-electron chi connectivity index (χ3n) is 5.02. The number of aromatic nitrogens is 1. The Morgan fingerprint density at radius 1 is 0.861 bits per heavy atom. The molecule has 1 heterocycles. The fraction of sp³-hybridized carbons (Fsp3) is 0.0714. The average Bonchev–Trinajstić information content (AvgIpc) is 2.88. The number of nitrogens with zero attached hydrogens (tertiary/aromatic N) is 1. The molecule has 3 aromatic carbocycles. The number of rotatable bonds is 7. The average molecular weight is 482 g/mol. The highest BCUT2D eigenvalue weighted by Gasteiger charge is 2.10. The first kappa shape index (κ1) is 24.2. The minimum atomic E-state index is -0.630. The minimum Gasteiger partial charge on any atom is -0.450 e. The van der Waals surface area contributed by atoms with E-state index < -0.39 is 12.2 Å². The van der Waals surface area contributed by atoms with Crippen LogP contribution in [0.15, 0.2) is 91.0 Å². The zero-order chi connectivity index (χ0) is 25.3. The van der Waals surface area contributed by atoms with Gasteiger partial charge in [0.1, 0.15) is 5.75 Å². The van der Waals surface area contributed by atoms with E-state index >= 15 is 0 Å². The summed E-state index contributed by atoms with van der Waals surface area (Å²) in [4.78, 5) is 41.2. The van der Waals surface area contributed by atoms with Crippen LogP contribution in [-0.2, 0) is 4.74 Å². The molecule has 0 atom stereocenters. The van der Waals surface area contributed by atoms with Gasteiger partial charge in [0.25, 0.3) is 0 Å². The van der Waals surface area contributed by atoms with Gasteiger partial charge in [0.05, 0.1) is 23.5 Å². The van der Waals surface area contributed by atoms with E-state index in [9.17, 15) is 14.4 Å². The van der Waals surface area contributed by atoms with Crippen LogP contribution in [0.4, 0.5) is 21.0 Å². The van der Waals surface area contributed by atoms with Crippen molar-refractivity contribution in [2.45, 2.75) is 6.92 Å². The smallest absolute Gasteiger partial charge is 0.417 e. The zero-order valence-electron chi connectivity index (χ0n) is 19.4. The maximum Gasteiger partial charge on any atom is 0.417 e. The summed E-state index contributed by atoms with van der Waals surface area (Å²) in [5, 5.41) is 6.09. The molecule has 2 N–H and O–H groups in total. The molecule has 0 fully saturated rings. The van der Waals surface area contributed by atoms with Gasteiger partial charge in [0, 0.05) is 16.6 Å². The lowest BCUT2D eigenvalue weighted by atomic mass is 10.1. The summed E-state index contributed by atoms with van der Waals surface area (Å²) in [7, 11) is 0. The van der Waals surface area contributed by atoms with Crippen molar-refractivity contribution in [2.24, 2.45) is 0 Å². The third-order valence-corrected chi connectivity index (χ3v) is 5.02. The Kier molecular flexibility index (Phi) is 7.67. The van der Waals surface area contributed by atoms with Gasteiger partial charge >= 0.3 is 12.2 Å². The molecule has 8 nitrogen and oxygen atoms in total. The van der Waals surface area contributed by atoms with E-state index in [4.69, 9.17) is 9.47 Å². The van der Waals surface area contributed by atoms with Crippen molar-refractivity contribution in [3.05, 3.63) is 102 Å². The largest absolute Gasteiger partial charge is 0.450 e. The van der Waals surface area contributed by atoms with Crippen LogP contribution >= 0.6 is 0 Å². The van der Waals surface area contributed by atoms with Crippen molar-refractivity contribution in [1.29, 1.82) is 0 Å². The number of nitrogens with one attached hydrogen (secondary N) is 2. The molecule has 0 bridgehead atoms. The number of allylic oxidation sites excluding steroid dienone is 1. The van der Waals surface area contributed by atoms with Gasteiger partial charge in [-0.3, -0.25) is 15.4 Å². The molecule has 0 saturated carbocycles. The number of pyridine rings is 1. The van der Waals surface area contributed by atoms with Gasteiger partial charge in [-0.15, -0.1) is 0 Å². The minimum absolute atomic E-state index is 0.247. The molecule has 1 aromatic heterocycles. The summed E-state index contributed by atoms with van der Waals surface area (Å²) in [5.41, 5.74) is 2.61. The van der Waals surface area contributed by atoms with Crippen molar-refractivity contribution in [3.63, 3.8) is 0 Å². The monoisotopic (exact) mass is 481 g/mol. The first-order chi connectivity index (χ1) is 17.5. The number of amides is 2. The number of hydrogen-bond donors (Lipinski definition) is 2. The standard InChI is InChI=1S/C28H23N3O5/c1-2-35-27(33)31-25-18-21(29-24-11-7-6-10-23(24)25)16-17-26(32)19-12-14-20(15-13-19)30-28(34)36-22-8-4-3-5-9-22/h3-18H,2H2,1H3,(H,30,34)(H,29,31,33)/b17-16+. The number of anilines is 2. The summed E-state index contributed by atoms with van der Waals surface area (Å²) >= 11 is 0. The number of hydrogen-bond acceptors (Lipinski definition) is 6. The van der Waals surface area contributed by atoms with E-state index in [1.165, 1.54) is 6.08 Å². The van der Waals surface area contributed by atoms with Crippen molar-refractivity contribution in [2.75, 3.05) is 17.2 Å². The van der Waals surface area contributed by atoms with Crippen LogP contribution in [0.2, 0.25) is 0 Å². The summed E-state index contributed by atoms with van der Waals surface area (Å²) in [6, 6.07) is 24.2. The maximum absolute atomic E-state index is 12.7. The number of carbonyl (C=O) groups excluding carboxylic acids is 3. The Labute approximate surface area is 207 Å². The molecule has 2 amide bonds. The Morgan fingerprint density at radius 3 is 2.33 bits per heavy atom. The van der Waals surface area contributed by atoms with E-state index in [1.807, 2.05) is 30.3 Å². The number of ether oxygens (including phenoxy) is 2. The Hall–Kier alpha value is -4.98. The summed E-state index contributed by atoms with van der Waals surface area (Å²) in [5.74, 6) is 0.179. The molecule has 0 saturated heterocycles.